The number of nitriles is 1. The fourth-order valence-electron chi connectivity index (χ4n) is 2.11. The third-order valence-electron chi connectivity index (χ3n) is 3.20. The number of benzene rings is 2. The van der Waals surface area contributed by atoms with Crippen molar-refractivity contribution >= 4 is 22.7 Å². The van der Waals surface area contributed by atoms with Gasteiger partial charge in [0.1, 0.15) is 0 Å². The molecule has 2 N–H and O–H groups in total. The summed E-state index contributed by atoms with van der Waals surface area (Å²) in [7, 11) is 0. The van der Waals surface area contributed by atoms with Gasteiger partial charge in [0.2, 0.25) is 0 Å². The Morgan fingerprint density at radius 3 is 2.45 bits per heavy atom. The highest BCUT2D eigenvalue weighted by atomic mass is 16.1. The number of hydrogen-bond donors (Lipinski definition) is 2. The van der Waals surface area contributed by atoms with E-state index in [1.807, 2.05) is 6.07 Å². The fraction of sp³-hybridized carbons (Fsp3) is 0. The molecule has 106 valence electrons. The van der Waals surface area contributed by atoms with Crippen LogP contribution in [0.15, 0.2) is 57.0 Å². The molecule has 0 saturated heterocycles. The van der Waals surface area contributed by atoms with E-state index < -0.39 is 5.56 Å². The average Bonchev–Trinajstić information content (AvgIpc) is 2.56. The summed E-state index contributed by atoms with van der Waals surface area (Å²) in [4.78, 5) is 27.9. The van der Waals surface area contributed by atoms with E-state index in [1.54, 1.807) is 48.7 Å². The zero-order valence-electron chi connectivity index (χ0n) is 11.3. The van der Waals surface area contributed by atoms with Gasteiger partial charge in [-0.2, -0.15) is 5.26 Å². The van der Waals surface area contributed by atoms with E-state index in [-0.39, 0.29) is 10.9 Å². The van der Waals surface area contributed by atoms with Crippen molar-refractivity contribution in [1.82, 2.24) is 10.2 Å². The molecule has 0 aliphatic rings. The van der Waals surface area contributed by atoms with Crippen LogP contribution in [0.3, 0.4) is 0 Å². The molecule has 0 aliphatic carbocycles. The molecule has 0 spiro atoms. The Balaban J connectivity index is 2.09. The van der Waals surface area contributed by atoms with Crippen LogP contribution in [0.4, 0.5) is 5.69 Å². The zero-order chi connectivity index (χ0) is 15.5. The maximum absolute atomic E-state index is 11.9. The van der Waals surface area contributed by atoms with Crippen molar-refractivity contribution < 1.29 is 0 Å². The molecule has 0 atom stereocenters. The summed E-state index contributed by atoms with van der Waals surface area (Å²) in [5.74, 6) is 0. The van der Waals surface area contributed by atoms with Gasteiger partial charge >= 0.3 is 0 Å². The second-order valence-electron chi connectivity index (χ2n) is 4.60. The summed E-state index contributed by atoms with van der Waals surface area (Å²) >= 11 is 0. The normalized spacial score (nSPS) is 10.9. The number of rotatable bonds is 2. The molecule has 0 amide bonds. The molecule has 0 radical (unpaired) electrons. The topological polar surface area (TPSA) is 102 Å². The molecule has 22 heavy (non-hydrogen) atoms. The number of H-pyrrole nitrogens is 2. The monoisotopic (exact) mass is 290 g/mol. The first-order chi connectivity index (χ1) is 10.7. The lowest BCUT2D eigenvalue weighted by atomic mass is 10.1. The second kappa shape index (κ2) is 5.50. The molecule has 0 unspecified atom stereocenters. The van der Waals surface area contributed by atoms with Crippen LogP contribution in [-0.2, 0) is 0 Å². The lowest BCUT2D eigenvalue weighted by Crippen LogP contribution is -2.18. The third-order valence-corrected chi connectivity index (χ3v) is 3.20. The summed E-state index contributed by atoms with van der Waals surface area (Å²) in [6.45, 7) is 0. The lowest BCUT2D eigenvalue weighted by molar-refractivity contribution is 0.976. The van der Waals surface area contributed by atoms with Gasteiger partial charge in [-0.1, -0.05) is 18.2 Å². The molecule has 6 nitrogen and oxygen atoms in total. The van der Waals surface area contributed by atoms with Gasteiger partial charge in [0, 0.05) is 6.21 Å². The van der Waals surface area contributed by atoms with E-state index in [9.17, 15) is 9.59 Å². The highest BCUT2D eigenvalue weighted by molar-refractivity contribution is 5.94. The lowest BCUT2D eigenvalue weighted by Gasteiger charge is -2.00. The molecular weight excluding hydrogens is 280 g/mol. The number of aromatic amines is 2. The van der Waals surface area contributed by atoms with Gasteiger partial charge in [-0.05, 0) is 29.8 Å². The minimum absolute atomic E-state index is 0.246. The number of nitrogens with zero attached hydrogens (tertiary/aromatic N) is 2. The van der Waals surface area contributed by atoms with Crippen LogP contribution < -0.4 is 11.1 Å². The summed E-state index contributed by atoms with van der Waals surface area (Å²) < 4.78 is 0. The van der Waals surface area contributed by atoms with Crippen LogP contribution in [-0.4, -0.2) is 16.4 Å². The number of hydrogen-bond acceptors (Lipinski definition) is 4. The van der Waals surface area contributed by atoms with Crippen molar-refractivity contribution in [2.45, 2.75) is 0 Å². The molecule has 0 saturated carbocycles. The van der Waals surface area contributed by atoms with Gasteiger partial charge in [-0.15, -0.1) is 0 Å². The van der Waals surface area contributed by atoms with Gasteiger partial charge in [-0.25, -0.2) is 0 Å². The van der Waals surface area contributed by atoms with Crippen LogP contribution >= 0.6 is 0 Å². The smallest absolute Gasteiger partial charge is 0.267 e. The Kier molecular flexibility index (Phi) is 3.38. The standard InChI is InChI=1S/C16H10N4O2/c17-8-10-4-6-11(7-5-10)9-18-13-3-1-2-12-14(13)16(22)20-19-15(12)21/h1-7,9H,(H,19,21)(H,20,22). The Hall–Kier alpha value is -3.46. The molecule has 1 heterocycles. The Labute approximate surface area is 124 Å². The summed E-state index contributed by atoms with van der Waals surface area (Å²) in [5, 5.41) is 13.9. The van der Waals surface area contributed by atoms with Crippen molar-refractivity contribution in [1.29, 1.82) is 5.26 Å². The molecular formula is C16H10N4O2. The van der Waals surface area contributed by atoms with Crippen LogP contribution in [0, 0.1) is 11.3 Å². The van der Waals surface area contributed by atoms with Crippen LogP contribution in [0.5, 0.6) is 0 Å². The van der Waals surface area contributed by atoms with E-state index in [1.165, 1.54) is 0 Å². The molecule has 3 rings (SSSR count). The van der Waals surface area contributed by atoms with Crippen molar-refractivity contribution in [3.05, 3.63) is 74.3 Å². The number of aromatic nitrogens is 2. The van der Waals surface area contributed by atoms with E-state index in [2.05, 4.69) is 15.2 Å². The maximum Gasteiger partial charge on any atom is 0.272 e. The van der Waals surface area contributed by atoms with Crippen LogP contribution in [0.1, 0.15) is 11.1 Å². The van der Waals surface area contributed by atoms with Gasteiger partial charge in [0.05, 0.1) is 28.1 Å². The molecule has 1 aromatic heterocycles. The minimum atomic E-state index is -0.401. The predicted molar refractivity (Wildman–Crippen MR) is 83.6 cm³/mol. The Morgan fingerprint density at radius 1 is 1.00 bits per heavy atom. The van der Waals surface area contributed by atoms with Crippen molar-refractivity contribution in [2.75, 3.05) is 0 Å². The number of nitrogens with one attached hydrogen (secondary N) is 2. The number of aliphatic imine (C=N–C) groups is 1. The van der Waals surface area contributed by atoms with Crippen molar-refractivity contribution in [3.63, 3.8) is 0 Å². The summed E-state index contributed by atoms with van der Waals surface area (Å²) in [5.41, 5.74) is 0.990. The molecule has 0 aliphatic heterocycles. The van der Waals surface area contributed by atoms with Crippen molar-refractivity contribution in [2.24, 2.45) is 4.99 Å². The van der Waals surface area contributed by atoms with Crippen molar-refractivity contribution in [3.8, 4) is 6.07 Å². The van der Waals surface area contributed by atoms with Gasteiger partial charge < -0.3 is 0 Å². The summed E-state index contributed by atoms with van der Waals surface area (Å²) in [6.07, 6.45) is 1.58. The Morgan fingerprint density at radius 2 is 1.73 bits per heavy atom. The third kappa shape index (κ3) is 2.43. The minimum Gasteiger partial charge on any atom is -0.267 e. The quantitative estimate of drug-likeness (QED) is 0.704. The second-order valence-corrected chi connectivity index (χ2v) is 4.60. The molecule has 0 bridgehead atoms. The molecule has 0 fully saturated rings. The van der Waals surface area contributed by atoms with E-state index in [0.29, 0.717) is 16.6 Å². The molecule has 2 aromatic carbocycles. The van der Waals surface area contributed by atoms with E-state index >= 15 is 0 Å². The van der Waals surface area contributed by atoms with Crippen LogP contribution in [0.2, 0.25) is 0 Å². The zero-order valence-corrected chi connectivity index (χ0v) is 11.3. The highest BCUT2D eigenvalue weighted by Crippen LogP contribution is 2.20. The van der Waals surface area contributed by atoms with Crippen LogP contribution in [0.25, 0.3) is 10.8 Å². The SMILES string of the molecule is N#Cc1ccc(C=Nc2cccc3c(=O)[nH][nH]c(=O)c23)cc1. The highest BCUT2D eigenvalue weighted by Gasteiger charge is 2.06. The first-order valence-corrected chi connectivity index (χ1v) is 6.47. The maximum atomic E-state index is 11.9. The number of fused-ring (bicyclic) bond motifs is 1. The first-order valence-electron chi connectivity index (χ1n) is 6.47. The van der Waals surface area contributed by atoms with Gasteiger partial charge in [0.15, 0.2) is 0 Å². The van der Waals surface area contributed by atoms with Gasteiger partial charge in [0.25, 0.3) is 11.1 Å². The predicted octanol–water partition coefficient (Wildman–Crippen LogP) is 1.84. The summed E-state index contributed by atoms with van der Waals surface area (Å²) in [6, 6.07) is 13.8. The first kappa shape index (κ1) is 13.5. The molecule has 3 aromatic rings. The largest absolute Gasteiger partial charge is 0.272 e. The average molecular weight is 290 g/mol. The van der Waals surface area contributed by atoms with E-state index in [4.69, 9.17) is 5.26 Å². The van der Waals surface area contributed by atoms with Gasteiger partial charge in [-0.3, -0.25) is 24.8 Å². The van der Waals surface area contributed by atoms with E-state index in [0.717, 1.165) is 5.56 Å². The molecule has 6 heteroatoms. The Bertz CT molecular complexity index is 1020. The fourth-order valence-corrected chi connectivity index (χ4v) is 2.11.